The predicted molar refractivity (Wildman–Crippen MR) is 120 cm³/mol. The van der Waals surface area contributed by atoms with Crippen molar-refractivity contribution in [2.45, 2.75) is 13.0 Å². The molecule has 0 radical (unpaired) electrons. The van der Waals surface area contributed by atoms with Crippen LogP contribution in [0, 0.1) is 0 Å². The lowest BCUT2D eigenvalue weighted by Crippen LogP contribution is -2.52. The van der Waals surface area contributed by atoms with Crippen molar-refractivity contribution in [3.05, 3.63) is 23.5 Å². The van der Waals surface area contributed by atoms with E-state index < -0.39 is 0 Å². The van der Waals surface area contributed by atoms with Gasteiger partial charge in [0.1, 0.15) is 0 Å². The third-order valence-electron chi connectivity index (χ3n) is 4.60. The molecule has 3 rings (SSSR count). The van der Waals surface area contributed by atoms with E-state index in [-0.39, 0.29) is 29.9 Å². The van der Waals surface area contributed by atoms with Crippen molar-refractivity contribution in [1.29, 1.82) is 0 Å². The molecular weight excluding hydrogens is 477 g/mol. The number of aliphatic imine (C=N–C) groups is 1. The van der Waals surface area contributed by atoms with Gasteiger partial charge in [0.15, 0.2) is 10.9 Å². The number of guanidine groups is 1. The standard InChI is InChI=1S/C17H27N7OS.HI/c1-18-16(19-12-14-13-24-10-11-26-17(24)20-14)23-8-6-22(7-9-23)5-4-15(25)21(2)3;/h10-11,13H,4-9,12H2,1-3H3,(H,18,19);1H. The van der Waals surface area contributed by atoms with E-state index in [4.69, 9.17) is 0 Å². The zero-order chi connectivity index (χ0) is 18.5. The summed E-state index contributed by atoms with van der Waals surface area (Å²) in [4.78, 5) is 28.0. The van der Waals surface area contributed by atoms with Gasteiger partial charge < -0.3 is 15.1 Å². The van der Waals surface area contributed by atoms with Gasteiger partial charge in [-0.25, -0.2) is 4.98 Å². The second kappa shape index (κ2) is 10.2. The van der Waals surface area contributed by atoms with Crippen molar-refractivity contribution in [2.75, 3.05) is 53.9 Å². The van der Waals surface area contributed by atoms with Gasteiger partial charge in [0.05, 0.1) is 12.2 Å². The van der Waals surface area contributed by atoms with Crippen LogP contribution in [0.1, 0.15) is 12.1 Å². The van der Waals surface area contributed by atoms with Gasteiger partial charge in [-0.05, 0) is 0 Å². The molecule has 2 aromatic heterocycles. The highest BCUT2D eigenvalue weighted by Crippen LogP contribution is 2.11. The van der Waals surface area contributed by atoms with Crippen LogP contribution < -0.4 is 5.32 Å². The fourth-order valence-corrected chi connectivity index (χ4v) is 3.74. The van der Waals surface area contributed by atoms with Gasteiger partial charge in [-0.1, -0.05) is 0 Å². The molecular formula is C17H28IN7OS. The normalized spacial score (nSPS) is 15.7. The SMILES string of the molecule is CN=C(NCc1cn2ccsc2n1)N1CCN(CCC(=O)N(C)C)CC1.I. The molecule has 0 spiro atoms. The third kappa shape index (κ3) is 5.79. The van der Waals surface area contributed by atoms with Crippen molar-refractivity contribution < 1.29 is 4.79 Å². The number of amides is 1. The minimum absolute atomic E-state index is 0. The third-order valence-corrected chi connectivity index (χ3v) is 5.37. The molecule has 1 fully saturated rings. The van der Waals surface area contributed by atoms with E-state index in [1.54, 1.807) is 30.3 Å². The molecule has 8 nitrogen and oxygen atoms in total. The first-order valence-corrected chi connectivity index (χ1v) is 9.74. The second-order valence-corrected chi connectivity index (χ2v) is 7.47. The zero-order valence-corrected chi connectivity index (χ0v) is 19.2. The van der Waals surface area contributed by atoms with Crippen LogP contribution in [0.3, 0.4) is 0 Å². The van der Waals surface area contributed by atoms with E-state index in [1.165, 1.54) is 0 Å². The smallest absolute Gasteiger partial charge is 0.223 e. The number of thiazole rings is 1. The number of carbonyl (C=O) groups excluding carboxylic acids is 1. The van der Waals surface area contributed by atoms with Gasteiger partial charge in [0, 0.05) is 78.1 Å². The number of imidazole rings is 1. The minimum atomic E-state index is 0. The molecule has 1 aliphatic rings. The Morgan fingerprint density at radius 1 is 1.33 bits per heavy atom. The fraction of sp³-hybridized carbons (Fsp3) is 0.588. The van der Waals surface area contributed by atoms with E-state index in [9.17, 15) is 4.79 Å². The van der Waals surface area contributed by atoms with Crippen molar-refractivity contribution in [1.82, 2.24) is 29.4 Å². The number of carbonyl (C=O) groups is 1. The Kier molecular flexibility index (Phi) is 8.29. The summed E-state index contributed by atoms with van der Waals surface area (Å²) in [6.45, 7) is 5.20. The molecule has 1 saturated heterocycles. The minimum Gasteiger partial charge on any atom is -0.351 e. The first-order chi connectivity index (χ1) is 12.6. The van der Waals surface area contributed by atoms with Crippen LogP contribution >= 0.6 is 35.3 Å². The number of rotatable bonds is 5. The predicted octanol–water partition coefficient (Wildman–Crippen LogP) is 1.19. The molecule has 1 N–H and O–H groups in total. The highest BCUT2D eigenvalue weighted by atomic mass is 127. The lowest BCUT2D eigenvalue weighted by Gasteiger charge is -2.36. The summed E-state index contributed by atoms with van der Waals surface area (Å²) < 4.78 is 2.04. The van der Waals surface area contributed by atoms with Crippen molar-refractivity contribution in [2.24, 2.45) is 4.99 Å². The van der Waals surface area contributed by atoms with Crippen molar-refractivity contribution in [3.63, 3.8) is 0 Å². The topological polar surface area (TPSA) is 68.5 Å². The summed E-state index contributed by atoms with van der Waals surface area (Å²) in [7, 11) is 5.43. The van der Waals surface area contributed by atoms with Gasteiger partial charge in [-0.3, -0.25) is 19.1 Å². The summed E-state index contributed by atoms with van der Waals surface area (Å²) in [5.74, 6) is 1.09. The Morgan fingerprint density at radius 2 is 2.07 bits per heavy atom. The van der Waals surface area contributed by atoms with Crippen molar-refractivity contribution in [3.8, 4) is 0 Å². The molecule has 0 saturated carbocycles. The van der Waals surface area contributed by atoms with E-state index in [0.717, 1.165) is 49.3 Å². The maximum absolute atomic E-state index is 11.7. The number of nitrogens with one attached hydrogen (secondary N) is 1. The first-order valence-electron chi connectivity index (χ1n) is 8.86. The molecule has 10 heteroatoms. The highest BCUT2D eigenvalue weighted by Gasteiger charge is 2.20. The van der Waals surface area contributed by atoms with Crippen LogP contribution in [0.2, 0.25) is 0 Å². The number of fused-ring (bicyclic) bond motifs is 1. The number of nitrogens with zero attached hydrogens (tertiary/aromatic N) is 6. The number of hydrogen-bond acceptors (Lipinski definition) is 5. The lowest BCUT2D eigenvalue weighted by molar-refractivity contribution is -0.129. The number of hydrogen-bond donors (Lipinski definition) is 1. The molecule has 0 atom stereocenters. The molecule has 150 valence electrons. The van der Waals surface area contributed by atoms with Crippen LogP contribution in [0.4, 0.5) is 0 Å². The Balaban J connectivity index is 0.00000261. The van der Waals surface area contributed by atoms with Crippen LogP contribution in [0.15, 0.2) is 22.8 Å². The van der Waals surface area contributed by atoms with E-state index >= 15 is 0 Å². The Bertz CT molecular complexity index is 736. The Hall–Kier alpha value is -1.40. The second-order valence-electron chi connectivity index (χ2n) is 6.59. The summed E-state index contributed by atoms with van der Waals surface area (Å²) in [6, 6.07) is 0. The van der Waals surface area contributed by atoms with Gasteiger partial charge >= 0.3 is 0 Å². The van der Waals surface area contributed by atoms with Gasteiger partial charge in [-0.2, -0.15) is 0 Å². The van der Waals surface area contributed by atoms with Crippen LogP contribution in [0.5, 0.6) is 0 Å². The Labute approximate surface area is 181 Å². The maximum Gasteiger partial charge on any atom is 0.223 e. The molecule has 0 unspecified atom stereocenters. The van der Waals surface area contributed by atoms with Crippen LogP contribution in [-0.2, 0) is 11.3 Å². The monoisotopic (exact) mass is 505 g/mol. The van der Waals surface area contributed by atoms with E-state index in [0.29, 0.717) is 13.0 Å². The highest BCUT2D eigenvalue weighted by molar-refractivity contribution is 14.0. The summed E-state index contributed by atoms with van der Waals surface area (Å²) >= 11 is 1.64. The number of halogens is 1. The van der Waals surface area contributed by atoms with Crippen LogP contribution in [0.25, 0.3) is 4.96 Å². The first kappa shape index (κ1) is 21.9. The molecule has 27 heavy (non-hydrogen) atoms. The maximum atomic E-state index is 11.7. The van der Waals surface area contributed by atoms with Gasteiger partial charge in [-0.15, -0.1) is 35.3 Å². The molecule has 1 aliphatic heterocycles. The molecule has 2 aromatic rings. The van der Waals surface area contributed by atoms with Crippen LogP contribution in [-0.4, -0.2) is 89.8 Å². The van der Waals surface area contributed by atoms with Crippen molar-refractivity contribution >= 4 is 52.1 Å². The summed E-state index contributed by atoms with van der Waals surface area (Å²) in [6.07, 6.45) is 4.65. The summed E-state index contributed by atoms with van der Waals surface area (Å²) in [5, 5.41) is 5.44. The molecule has 0 aromatic carbocycles. The quantitative estimate of drug-likeness (QED) is 0.376. The van der Waals surface area contributed by atoms with Gasteiger partial charge in [0.25, 0.3) is 0 Å². The zero-order valence-electron chi connectivity index (χ0n) is 16.1. The molecule has 1 amide bonds. The summed E-state index contributed by atoms with van der Waals surface area (Å²) in [5.41, 5.74) is 1.01. The molecule has 0 aliphatic carbocycles. The fourth-order valence-electron chi connectivity index (χ4n) is 3.02. The van der Waals surface area contributed by atoms with E-state index in [2.05, 4.69) is 25.1 Å². The number of piperazine rings is 1. The number of aromatic nitrogens is 2. The average molecular weight is 505 g/mol. The largest absolute Gasteiger partial charge is 0.351 e. The average Bonchev–Trinajstić information content (AvgIpc) is 3.22. The molecule has 0 bridgehead atoms. The van der Waals surface area contributed by atoms with Gasteiger partial charge in [0.2, 0.25) is 5.91 Å². The van der Waals surface area contributed by atoms with E-state index in [1.807, 2.05) is 29.2 Å². The lowest BCUT2D eigenvalue weighted by atomic mass is 10.3. The molecule has 3 heterocycles. The Morgan fingerprint density at radius 3 is 2.70 bits per heavy atom.